The van der Waals surface area contributed by atoms with Crippen molar-refractivity contribution in [3.8, 4) is 11.1 Å². The lowest BCUT2D eigenvalue weighted by Gasteiger charge is -2.10. The van der Waals surface area contributed by atoms with E-state index in [1.165, 1.54) is 6.20 Å². The topological polar surface area (TPSA) is 59.1 Å². The minimum Gasteiger partial charge on any atom is -0.282 e. The fraction of sp³-hybridized carbons (Fsp3) is 0.105. The number of anilines is 1. The predicted molar refractivity (Wildman–Crippen MR) is 97.1 cm³/mol. The van der Waals surface area contributed by atoms with E-state index in [1.54, 1.807) is 12.3 Å². The van der Waals surface area contributed by atoms with Gasteiger partial charge in [-0.15, -0.1) is 0 Å². The molecular weight excluding hydrogens is 320 g/mol. The van der Waals surface area contributed by atoms with Crippen molar-refractivity contribution >= 4 is 15.7 Å². The second kappa shape index (κ2) is 6.84. The van der Waals surface area contributed by atoms with Gasteiger partial charge in [0.2, 0.25) is 10.0 Å². The quantitative estimate of drug-likeness (QED) is 0.765. The van der Waals surface area contributed by atoms with E-state index in [-0.39, 0.29) is 5.75 Å². The molecule has 4 nitrogen and oxygen atoms in total. The maximum Gasteiger partial charge on any atom is 0.236 e. The number of pyridine rings is 1. The number of aryl methyl sites for hydroxylation is 1. The third-order valence-corrected chi connectivity index (χ3v) is 4.82. The molecule has 0 aliphatic rings. The van der Waals surface area contributed by atoms with Gasteiger partial charge in [-0.2, -0.15) is 0 Å². The van der Waals surface area contributed by atoms with Gasteiger partial charge in [0, 0.05) is 11.8 Å². The Hall–Kier alpha value is -2.66. The van der Waals surface area contributed by atoms with Crippen LogP contribution in [0.2, 0.25) is 0 Å². The minimum absolute atomic E-state index is 0.0652. The lowest BCUT2D eigenvalue weighted by atomic mass is 10.1. The van der Waals surface area contributed by atoms with Crippen molar-refractivity contribution in [3.05, 3.63) is 84.2 Å². The maximum atomic E-state index is 12.4. The molecule has 0 atom stereocenters. The summed E-state index contributed by atoms with van der Waals surface area (Å²) in [5.74, 6) is -0.0652. The molecule has 0 saturated carbocycles. The molecule has 122 valence electrons. The van der Waals surface area contributed by atoms with E-state index in [2.05, 4.69) is 9.71 Å². The van der Waals surface area contributed by atoms with Crippen LogP contribution in [0.25, 0.3) is 11.1 Å². The van der Waals surface area contributed by atoms with E-state index in [4.69, 9.17) is 0 Å². The van der Waals surface area contributed by atoms with Gasteiger partial charge in [-0.05, 0) is 24.1 Å². The molecule has 0 aliphatic carbocycles. The molecule has 1 aromatic heterocycles. The largest absolute Gasteiger partial charge is 0.282 e. The molecule has 24 heavy (non-hydrogen) atoms. The van der Waals surface area contributed by atoms with E-state index in [0.29, 0.717) is 5.69 Å². The number of sulfonamides is 1. The number of nitrogens with zero attached hydrogens (tertiary/aromatic N) is 1. The molecule has 1 N–H and O–H groups in total. The molecule has 1 heterocycles. The summed E-state index contributed by atoms with van der Waals surface area (Å²) in [4.78, 5) is 4.14. The first-order valence-corrected chi connectivity index (χ1v) is 9.24. The van der Waals surface area contributed by atoms with Gasteiger partial charge in [0.15, 0.2) is 0 Å². The van der Waals surface area contributed by atoms with Crippen LogP contribution < -0.4 is 4.72 Å². The number of hydrogen-bond donors (Lipinski definition) is 1. The van der Waals surface area contributed by atoms with E-state index in [0.717, 1.165) is 22.3 Å². The van der Waals surface area contributed by atoms with Gasteiger partial charge in [0.25, 0.3) is 0 Å². The Labute approximate surface area is 142 Å². The Balaban J connectivity index is 1.80. The molecule has 0 spiro atoms. The van der Waals surface area contributed by atoms with Gasteiger partial charge in [-0.3, -0.25) is 9.71 Å². The molecule has 3 aromatic rings. The zero-order valence-corrected chi connectivity index (χ0v) is 14.1. The van der Waals surface area contributed by atoms with Gasteiger partial charge in [-0.25, -0.2) is 8.42 Å². The summed E-state index contributed by atoms with van der Waals surface area (Å²) in [6, 6.07) is 19.0. The monoisotopic (exact) mass is 338 g/mol. The van der Waals surface area contributed by atoms with Crippen molar-refractivity contribution in [1.29, 1.82) is 0 Å². The number of hydrogen-bond acceptors (Lipinski definition) is 3. The summed E-state index contributed by atoms with van der Waals surface area (Å²) in [6.07, 6.45) is 3.23. The first-order valence-electron chi connectivity index (χ1n) is 7.58. The summed E-state index contributed by atoms with van der Waals surface area (Å²) in [7, 11) is -3.49. The lowest BCUT2D eigenvalue weighted by Crippen LogP contribution is -2.15. The summed E-state index contributed by atoms with van der Waals surface area (Å²) in [6.45, 7) is 1.94. The fourth-order valence-electron chi connectivity index (χ4n) is 2.52. The standard InChI is InChI=1S/C19H18N2O2S/c1-15-6-5-7-16(10-15)14-24(22,23)21-19-11-18(12-20-13-19)17-8-3-2-4-9-17/h2-13,21H,14H2,1H3. The van der Waals surface area contributed by atoms with Crippen LogP contribution in [0.15, 0.2) is 73.1 Å². The highest BCUT2D eigenvalue weighted by Crippen LogP contribution is 2.22. The summed E-state index contributed by atoms with van der Waals surface area (Å²) >= 11 is 0. The van der Waals surface area contributed by atoms with Gasteiger partial charge < -0.3 is 0 Å². The third kappa shape index (κ3) is 4.20. The third-order valence-electron chi connectivity index (χ3n) is 3.56. The molecule has 2 aromatic carbocycles. The Bertz CT molecular complexity index is 938. The van der Waals surface area contributed by atoms with Gasteiger partial charge in [0.1, 0.15) is 0 Å². The summed E-state index contributed by atoms with van der Waals surface area (Å²) in [5.41, 5.74) is 4.12. The molecule has 0 unspecified atom stereocenters. The molecular formula is C19H18N2O2S. The summed E-state index contributed by atoms with van der Waals surface area (Å²) in [5, 5.41) is 0. The molecule has 0 radical (unpaired) electrons. The van der Waals surface area contributed by atoms with E-state index >= 15 is 0 Å². The zero-order valence-electron chi connectivity index (χ0n) is 13.3. The average molecular weight is 338 g/mol. The second-order valence-corrected chi connectivity index (χ2v) is 7.40. The number of rotatable bonds is 5. The highest BCUT2D eigenvalue weighted by Gasteiger charge is 2.12. The molecule has 0 aliphatic heterocycles. The van der Waals surface area contributed by atoms with Crippen LogP contribution in [-0.4, -0.2) is 13.4 Å². The summed E-state index contributed by atoms with van der Waals surface area (Å²) < 4.78 is 27.4. The molecule has 0 amide bonds. The van der Waals surface area contributed by atoms with Crippen LogP contribution in [0, 0.1) is 6.92 Å². The van der Waals surface area contributed by atoms with Crippen molar-refractivity contribution in [3.63, 3.8) is 0 Å². The minimum atomic E-state index is -3.49. The van der Waals surface area contributed by atoms with Crippen LogP contribution in [-0.2, 0) is 15.8 Å². The predicted octanol–water partition coefficient (Wildman–Crippen LogP) is 4.00. The Morgan fingerprint density at radius 2 is 1.71 bits per heavy atom. The SMILES string of the molecule is Cc1cccc(CS(=O)(=O)Nc2cncc(-c3ccccc3)c2)c1. The van der Waals surface area contributed by atoms with Crippen molar-refractivity contribution in [2.45, 2.75) is 12.7 Å². The van der Waals surface area contributed by atoms with Crippen LogP contribution in [0.3, 0.4) is 0 Å². The average Bonchev–Trinajstić information content (AvgIpc) is 2.55. The van der Waals surface area contributed by atoms with Gasteiger partial charge >= 0.3 is 0 Å². The highest BCUT2D eigenvalue weighted by molar-refractivity contribution is 7.91. The van der Waals surface area contributed by atoms with Crippen molar-refractivity contribution in [1.82, 2.24) is 4.98 Å². The number of nitrogens with one attached hydrogen (secondary N) is 1. The smallest absolute Gasteiger partial charge is 0.236 e. The molecule has 0 saturated heterocycles. The maximum absolute atomic E-state index is 12.4. The Kier molecular flexibility index (Phi) is 4.62. The van der Waals surface area contributed by atoms with E-state index < -0.39 is 10.0 Å². The molecule has 3 rings (SSSR count). The van der Waals surface area contributed by atoms with Crippen LogP contribution >= 0.6 is 0 Å². The number of benzene rings is 2. The van der Waals surface area contributed by atoms with Gasteiger partial charge in [0.05, 0.1) is 17.6 Å². The molecule has 5 heteroatoms. The highest BCUT2D eigenvalue weighted by atomic mass is 32.2. The normalized spacial score (nSPS) is 11.2. The Morgan fingerprint density at radius 1 is 0.917 bits per heavy atom. The Morgan fingerprint density at radius 3 is 2.46 bits per heavy atom. The lowest BCUT2D eigenvalue weighted by molar-refractivity contribution is 0.600. The fourth-order valence-corrected chi connectivity index (χ4v) is 3.68. The van der Waals surface area contributed by atoms with Crippen LogP contribution in [0.4, 0.5) is 5.69 Å². The van der Waals surface area contributed by atoms with Crippen molar-refractivity contribution < 1.29 is 8.42 Å². The second-order valence-electron chi connectivity index (χ2n) is 5.68. The first-order chi connectivity index (χ1) is 11.5. The van der Waals surface area contributed by atoms with Crippen LogP contribution in [0.1, 0.15) is 11.1 Å². The van der Waals surface area contributed by atoms with E-state index in [9.17, 15) is 8.42 Å². The molecule has 0 bridgehead atoms. The molecule has 0 fully saturated rings. The van der Waals surface area contributed by atoms with Crippen molar-refractivity contribution in [2.75, 3.05) is 4.72 Å². The first kappa shape index (κ1) is 16.2. The van der Waals surface area contributed by atoms with Crippen LogP contribution in [0.5, 0.6) is 0 Å². The van der Waals surface area contributed by atoms with E-state index in [1.807, 2.05) is 61.5 Å². The zero-order chi connectivity index (χ0) is 17.0. The number of aromatic nitrogens is 1. The van der Waals surface area contributed by atoms with Crippen molar-refractivity contribution in [2.24, 2.45) is 0 Å². The van der Waals surface area contributed by atoms with Gasteiger partial charge in [-0.1, -0.05) is 60.2 Å².